The summed E-state index contributed by atoms with van der Waals surface area (Å²) < 4.78 is 0. The molecular formula is C14H15N3O. The van der Waals surface area contributed by atoms with Crippen molar-refractivity contribution in [3.05, 3.63) is 36.0 Å². The summed E-state index contributed by atoms with van der Waals surface area (Å²) in [4.78, 5) is 9.07. The third-order valence-corrected chi connectivity index (χ3v) is 3.12. The molecule has 0 atom stereocenters. The largest absolute Gasteiger partial charge is 0.508 e. The maximum absolute atomic E-state index is 9.30. The number of benzene rings is 1. The fourth-order valence-electron chi connectivity index (χ4n) is 1.92. The fraction of sp³-hybridized carbons (Fsp3) is 0.286. The van der Waals surface area contributed by atoms with Gasteiger partial charge in [-0.1, -0.05) is 0 Å². The smallest absolute Gasteiger partial charge is 0.161 e. The number of hydrogen-bond acceptors (Lipinski definition) is 4. The van der Waals surface area contributed by atoms with E-state index in [1.807, 2.05) is 25.2 Å². The van der Waals surface area contributed by atoms with E-state index in [0.29, 0.717) is 11.7 Å². The highest BCUT2D eigenvalue weighted by Gasteiger charge is 2.26. The first kappa shape index (κ1) is 11.0. The molecule has 1 fully saturated rings. The van der Waals surface area contributed by atoms with Crippen molar-refractivity contribution in [2.75, 3.05) is 12.4 Å². The number of nitrogens with zero attached hydrogens (tertiary/aromatic N) is 2. The zero-order valence-electron chi connectivity index (χ0n) is 10.2. The van der Waals surface area contributed by atoms with Crippen LogP contribution in [0.3, 0.4) is 0 Å². The van der Waals surface area contributed by atoms with Crippen LogP contribution in [0.4, 0.5) is 5.82 Å². The van der Waals surface area contributed by atoms with Gasteiger partial charge in [0.1, 0.15) is 11.6 Å². The van der Waals surface area contributed by atoms with Gasteiger partial charge in [-0.2, -0.15) is 0 Å². The lowest BCUT2D eigenvalue weighted by Gasteiger charge is -2.07. The minimum atomic E-state index is 0.255. The monoisotopic (exact) mass is 241 g/mol. The van der Waals surface area contributed by atoms with Crippen molar-refractivity contribution in [3.63, 3.8) is 0 Å². The summed E-state index contributed by atoms with van der Waals surface area (Å²) in [7, 11) is 1.86. The van der Waals surface area contributed by atoms with E-state index in [1.54, 1.807) is 12.1 Å². The molecule has 4 nitrogen and oxygen atoms in total. The molecule has 3 rings (SSSR count). The van der Waals surface area contributed by atoms with E-state index in [2.05, 4.69) is 15.3 Å². The first-order chi connectivity index (χ1) is 8.76. The van der Waals surface area contributed by atoms with Gasteiger partial charge in [0.05, 0.1) is 0 Å². The number of anilines is 1. The van der Waals surface area contributed by atoms with Crippen LogP contribution in [0.15, 0.2) is 30.3 Å². The van der Waals surface area contributed by atoms with Crippen LogP contribution in [0.1, 0.15) is 24.5 Å². The minimum Gasteiger partial charge on any atom is -0.508 e. The van der Waals surface area contributed by atoms with Gasteiger partial charge in [0, 0.05) is 30.3 Å². The van der Waals surface area contributed by atoms with Crippen molar-refractivity contribution in [2.45, 2.75) is 18.8 Å². The molecule has 0 radical (unpaired) electrons. The van der Waals surface area contributed by atoms with Gasteiger partial charge in [-0.25, -0.2) is 9.97 Å². The van der Waals surface area contributed by atoms with Gasteiger partial charge in [0.15, 0.2) is 5.82 Å². The van der Waals surface area contributed by atoms with Gasteiger partial charge in [0.2, 0.25) is 0 Å². The second kappa shape index (κ2) is 4.29. The minimum absolute atomic E-state index is 0.255. The summed E-state index contributed by atoms with van der Waals surface area (Å²) in [5, 5.41) is 12.4. The van der Waals surface area contributed by atoms with Gasteiger partial charge in [-0.05, 0) is 37.1 Å². The van der Waals surface area contributed by atoms with Gasteiger partial charge in [0.25, 0.3) is 0 Å². The normalized spacial score (nSPS) is 14.5. The topological polar surface area (TPSA) is 58.0 Å². The van der Waals surface area contributed by atoms with Crippen LogP contribution in [0.5, 0.6) is 5.75 Å². The number of rotatable bonds is 3. The van der Waals surface area contributed by atoms with Gasteiger partial charge >= 0.3 is 0 Å². The fourth-order valence-corrected chi connectivity index (χ4v) is 1.92. The highest BCUT2D eigenvalue weighted by atomic mass is 16.3. The van der Waals surface area contributed by atoms with Crippen LogP contribution in [0, 0.1) is 0 Å². The molecule has 92 valence electrons. The molecule has 0 aliphatic heterocycles. The van der Waals surface area contributed by atoms with E-state index < -0.39 is 0 Å². The summed E-state index contributed by atoms with van der Waals surface area (Å²) in [5.74, 6) is 2.40. The molecule has 4 heteroatoms. The third kappa shape index (κ3) is 2.14. The Hall–Kier alpha value is -2.10. The molecule has 2 aromatic rings. The Morgan fingerprint density at radius 2 is 1.89 bits per heavy atom. The zero-order valence-corrected chi connectivity index (χ0v) is 10.2. The number of aromatic hydroxyl groups is 1. The predicted octanol–water partition coefficient (Wildman–Crippen LogP) is 2.77. The maximum atomic E-state index is 9.30. The van der Waals surface area contributed by atoms with Crippen LogP contribution in [0.25, 0.3) is 11.4 Å². The van der Waals surface area contributed by atoms with Crippen LogP contribution >= 0.6 is 0 Å². The quantitative estimate of drug-likeness (QED) is 0.867. The Labute approximate surface area is 106 Å². The van der Waals surface area contributed by atoms with Gasteiger partial charge in [-0.3, -0.25) is 0 Å². The van der Waals surface area contributed by atoms with E-state index in [0.717, 1.165) is 17.1 Å². The third-order valence-electron chi connectivity index (χ3n) is 3.12. The first-order valence-electron chi connectivity index (χ1n) is 6.12. The van der Waals surface area contributed by atoms with Crippen molar-refractivity contribution in [3.8, 4) is 17.1 Å². The van der Waals surface area contributed by atoms with E-state index in [1.165, 1.54) is 12.8 Å². The van der Waals surface area contributed by atoms with Crippen molar-refractivity contribution >= 4 is 5.82 Å². The van der Waals surface area contributed by atoms with Crippen LogP contribution in [-0.4, -0.2) is 22.1 Å². The number of nitrogens with one attached hydrogen (secondary N) is 1. The Balaban J connectivity index is 2.04. The second-order valence-corrected chi connectivity index (χ2v) is 4.57. The van der Waals surface area contributed by atoms with Crippen molar-refractivity contribution in [1.29, 1.82) is 0 Å². The lowest BCUT2D eigenvalue weighted by atomic mass is 10.2. The molecule has 2 N–H and O–H groups in total. The number of hydrogen-bond donors (Lipinski definition) is 2. The molecule has 0 bridgehead atoms. The summed E-state index contributed by atoms with van der Waals surface area (Å²) >= 11 is 0. The number of phenols is 1. The zero-order chi connectivity index (χ0) is 12.5. The van der Waals surface area contributed by atoms with Crippen molar-refractivity contribution in [2.24, 2.45) is 0 Å². The summed E-state index contributed by atoms with van der Waals surface area (Å²) in [6, 6.07) is 8.99. The summed E-state index contributed by atoms with van der Waals surface area (Å²) in [6.45, 7) is 0. The van der Waals surface area contributed by atoms with E-state index in [4.69, 9.17) is 0 Å². The Kier molecular flexibility index (Phi) is 2.63. The molecule has 1 aliphatic rings. The predicted molar refractivity (Wildman–Crippen MR) is 70.7 cm³/mol. The van der Waals surface area contributed by atoms with Crippen LogP contribution in [0.2, 0.25) is 0 Å². The van der Waals surface area contributed by atoms with Gasteiger partial charge in [-0.15, -0.1) is 0 Å². The molecule has 0 saturated heterocycles. The Morgan fingerprint density at radius 1 is 1.17 bits per heavy atom. The number of phenolic OH excluding ortho intramolecular Hbond substituents is 1. The maximum Gasteiger partial charge on any atom is 0.161 e. The Morgan fingerprint density at radius 3 is 2.50 bits per heavy atom. The second-order valence-electron chi connectivity index (χ2n) is 4.57. The summed E-state index contributed by atoms with van der Waals surface area (Å²) in [5.41, 5.74) is 2.03. The lowest BCUT2D eigenvalue weighted by Crippen LogP contribution is -2.00. The molecule has 0 unspecified atom stereocenters. The Bertz CT molecular complexity index is 562. The summed E-state index contributed by atoms with van der Waals surface area (Å²) in [6.07, 6.45) is 2.43. The van der Waals surface area contributed by atoms with Crippen LogP contribution in [-0.2, 0) is 0 Å². The molecule has 1 saturated carbocycles. The standard InChI is InChI=1S/C14H15N3O/c1-15-13-8-12(9-2-3-9)16-14(17-13)10-4-6-11(18)7-5-10/h4-9,18H,2-3H2,1H3,(H,15,16,17). The average molecular weight is 241 g/mol. The van der Waals surface area contributed by atoms with E-state index in [9.17, 15) is 5.11 Å². The van der Waals surface area contributed by atoms with E-state index >= 15 is 0 Å². The highest BCUT2D eigenvalue weighted by molar-refractivity contribution is 5.58. The highest BCUT2D eigenvalue weighted by Crippen LogP contribution is 2.40. The molecule has 0 spiro atoms. The molecule has 18 heavy (non-hydrogen) atoms. The molecule has 1 heterocycles. The average Bonchev–Trinajstić information content (AvgIpc) is 3.23. The first-order valence-corrected chi connectivity index (χ1v) is 6.12. The molecular weight excluding hydrogens is 226 g/mol. The molecule has 1 aromatic heterocycles. The lowest BCUT2D eigenvalue weighted by molar-refractivity contribution is 0.475. The molecule has 1 aromatic carbocycles. The SMILES string of the molecule is CNc1cc(C2CC2)nc(-c2ccc(O)cc2)n1. The molecule has 0 amide bonds. The number of aromatic nitrogens is 2. The van der Waals surface area contributed by atoms with Crippen molar-refractivity contribution < 1.29 is 5.11 Å². The molecule has 1 aliphatic carbocycles. The van der Waals surface area contributed by atoms with Crippen LogP contribution < -0.4 is 5.32 Å². The van der Waals surface area contributed by atoms with E-state index in [-0.39, 0.29) is 5.75 Å². The van der Waals surface area contributed by atoms with Gasteiger partial charge < -0.3 is 10.4 Å². The van der Waals surface area contributed by atoms with Crippen molar-refractivity contribution in [1.82, 2.24) is 9.97 Å².